The fraction of sp³-hybridized carbons (Fsp3) is 0.881. The van der Waals surface area contributed by atoms with Crippen LogP contribution in [0.2, 0.25) is 0 Å². The van der Waals surface area contributed by atoms with Gasteiger partial charge in [0.25, 0.3) is 0 Å². The first-order valence-electron chi connectivity index (χ1n) is 28.8. The lowest BCUT2D eigenvalue weighted by molar-refractivity contribution is -0.167. The summed E-state index contributed by atoms with van der Waals surface area (Å²) in [5, 5.41) is 0. The summed E-state index contributed by atoms with van der Waals surface area (Å²) in [7, 11) is 0. The van der Waals surface area contributed by atoms with Crippen LogP contribution in [0.1, 0.15) is 316 Å². The molecular weight excluding hydrogens is 805 g/mol. The number of carbonyl (C=O) groups excluding carboxylic acids is 3. The molecule has 0 bridgehead atoms. The molecule has 0 radical (unpaired) electrons. The number of allylic oxidation sites excluding steroid dienone is 4. The van der Waals surface area contributed by atoms with Gasteiger partial charge in [-0.3, -0.25) is 14.4 Å². The maximum atomic E-state index is 12.8. The molecule has 0 fully saturated rings. The van der Waals surface area contributed by atoms with Gasteiger partial charge >= 0.3 is 17.9 Å². The Morgan fingerprint density at radius 3 is 0.769 bits per heavy atom. The molecule has 382 valence electrons. The second-order valence-corrected chi connectivity index (χ2v) is 19.6. The van der Waals surface area contributed by atoms with Gasteiger partial charge in [0, 0.05) is 19.3 Å². The molecule has 6 nitrogen and oxygen atoms in total. The first-order valence-corrected chi connectivity index (χ1v) is 28.8. The van der Waals surface area contributed by atoms with Crippen molar-refractivity contribution in [3.8, 4) is 0 Å². The number of unbranched alkanes of at least 4 members (excludes halogenated alkanes) is 38. The summed E-state index contributed by atoms with van der Waals surface area (Å²) in [6.07, 6.45) is 63.0. The van der Waals surface area contributed by atoms with Crippen molar-refractivity contribution in [2.45, 2.75) is 322 Å². The first kappa shape index (κ1) is 62.9. The fourth-order valence-corrected chi connectivity index (χ4v) is 8.55. The van der Waals surface area contributed by atoms with E-state index in [1.807, 2.05) is 0 Å². The Hall–Kier alpha value is -2.11. The summed E-state index contributed by atoms with van der Waals surface area (Å²) in [6.45, 7) is 6.66. The van der Waals surface area contributed by atoms with Crippen LogP contribution >= 0.6 is 0 Å². The van der Waals surface area contributed by atoms with Crippen molar-refractivity contribution < 1.29 is 28.6 Å². The second kappa shape index (κ2) is 54.5. The summed E-state index contributed by atoms with van der Waals surface area (Å²) in [4.78, 5) is 38.1. The Labute approximate surface area is 404 Å². The lowest BCUT2D eigenvalue weighted by Crippen LogP contribution is -2.30. The largest absolute Gasteiger partial charge is 0.462 e. The highest BCUT2D eigenvalue weighted by Crippen LogP contribution is 2.16. The molecule has 0 saturated heterocycles. The van der Waals surface area contributed by atoms with Crippen LogP contribution in [0.25, 0.3) is 0 Å². The monoisotopic (exact) mass is 915 g/mol. The predicted molar refractivity (Wildman–Crippen MR) is 279 cm³/mol. The highest BCUT2D eigenvalue weighted by molar-refractivity contribution is 5.71. The minimum atomic E-state index is -0.774. The second-order valence-electron chi connectivity index (χ2n) is 19.6. The van der Waals surface area contributed by atoms with Crippen LogP contribution in [0.15, 0.2) is 24.3 Å². The number of esters is 3. The van der Waals surface area contributed by atoms with E-state index >= 15 is 0 Å². The van der Waals surface area contributed by atoms with E-state index in [4.69, 9.17) is 14.2 Å². The highest BCUT2D eigenvalue weighted by atomic mass is 16.6. The van der Waals surface area contributed by atoms with Crippen LogP contribution in [-0.4, -0.2) is 37.2 Å². The molecule has 0 aromatic heterocycles. The van der Waals surface area contributed by atoms with Crippen molar-refractivity contribution in [3.63, 3.8) is 0 Å². The Kier molecular flexibility index (Phi) is 52.7. The van der Waals surface area contributed by atoms with Crippen molar-refractivity contribution in [2.75, 3.05) is 13.2 Å². The molecular formula is C59H110O6. The van der Waals surface area contributed by atoms with E-state index in [-0.39, 0.29) is 31.1 Å². The summed E-state index contributed by atoms with van der Waals surface area (Å²) >= 11 is 0. The Morgan fingerprint density at radius 2 is 0.508 bits per heavy atom. The third-order valence-electron chi connectivity index (χ3n) is 12.9. The number of hydrogen-bond donors (Lipinski definition) is 0. The molecule has 65 heavy (non-hydrogen) atoms. The lowest BCUT2D eigenvalue weighted by Gasteiger charge is -2.18. The van der Waals surface area contributed by atoms with E-state index in [0.29, 0.717) is 19.3 Å². The fourth-order valence-electron chi connectivity index (χ4n) is 8.55. The maximum absolute atomic E-state index is 12.8. The predicted octanol–water partition coefficient (Wildman–Crippen LogP) is 19.1. The van der Waals surface area contributed by atoms with Gasteiger partial charge in [-0.2, -0.15) is 0 Å². The minimum Gasteiger partial charge on any atom is -0.462 e. The van der Waals surface area contributed by atoms with E-state index in [9.17, 15) is 14.4 Å². The maximum Gasteiger partial charge on any atom is 0.306 e. The van der Waals surface area contributed by atoms with Gasteiger partial charge in [-0.25, -0.2) is 0 Å². The summed E-state index contributed by atoms with van der Waals surface area (Å²) in [5.74, 6) is -0.870. The quantitative estimate of drug-likeness (QED) is 0.0262. The molecule has 6 heteroatoms. The zero-order valence-electron chi connectivity index (χ0n) is 43.8. The van der Waals surface area contributed by atoms with Crippen LogP contribution in [0, 0.1) is 0 Å². The molecule has 0 aromatic rings. The summed E-state index contributed by atoms with van der Waals surface area (Å²) in [5.41, 5.74) is 0. The standard InChI is InChI=1S/C59H110O6/c1-4-7-10-13-16-19-22-25-28-31-34-37-40-43-46-49-52-58(61)64-55-56(54-63-57(60)51-48-45-42-39-36-33-30-27-24-21-18-15-12-9-6-3)65-59(62)53-50-47-44-41-38-35-32-29-26-23-20-17-14-11-8-5-2/h27-28,30-31,56H,4-26,29,32-55H2,1-3H3/b30-27-,31-28-. The molecule has 0 heterocycles. The zero-order valence-corrected chi connectivity index (χ0v) is 43.8. The van der Waals surface area contributed by atoms with E-state index in [0.717, 1.165) is 70.6 Å². The average Bonchev–Trinajstić information content (AvgIpc) is 3.30. The van der Waals surface area contributed by atoms with Gasteiger partial charge in [0.1, 0.15) is 13.2 Å². The van der Waals surface area contributed by atoms with Crippen LogP contribution < -0.4 is 0 Å². The van der Waals surface area contributed by atoms with E-state index in [1.54, 1.807) is 0 Å². The van der Waals surface area contributed by atoms with Crippen LogP contribution in [0.4, 0.5) is 0 Å². The molecule has 0 aliphatic carbocycles. The van der Waals surface area contributed by atoms with Gasteiger partial charge < -0.3 is 14.2 Å². The van der Waals surface area contributed by atoms with Crippen molar-refractivity contribution in [3.05, 3.63) is 24.3 Å². The molecule has 0 aliphatic rings. The van der Waals surface area contributed by atoms with Crippen LogP contribution in [-0.2, 0) is 28.6 Å². The number of carbonyl (C=O) groups is 3. The molecule has 0 aromatic carbocycles. The zero-order chi connectivity index (χ0) is 47.2. The van der Waals surface area contributed by atoms with Gasteiger partial charge in [0.05, 0.1) is 0 Å². The Morgan fingerprint density at radius 1 is 0.292 bits per heavy atom. The first-order chi connectivity index (χ1) is 32.0. The summed E-state index contributed by atoms with van der Waals surface area (Å²) < 4.78 is 16.9. The molecule has 0 N–H and O–H groups in total. The van der Waals surface area contributed by atoms with Gasteiger partial charge in [0.2, 0.25) is 0 Å². The highest BCUT2D eigenvalue weighted by Gasteiger charge is 2.19. The Bertz CT molecular complexity index is 1050. The van der Waals surface area contributed by atoms with Gasteiger partial charge in [-0.05, 0) is 70.6 Å². The molecule has 0 aliphatic heterocycles. The van der Waals surface area contributed by atoms with Gasteiger partial charge in [-0.15, -0.1) is 0 Å². The van der Waals surface area contributed by atoms with Gasteiger partial charge in [0.15, 0.2) is 6.10 Å². The molecule has 1 unspecified atom stereocenters. The molecule has 1 atom stereocenters. The third-order valence-corrected chi connectivity index (χ3v) is 12.9. The number of rotatable bonds is 53. The normalized spacial score (nSPS) is 12.1. The van der Waals surface area contributed by atoms with Crippen molar-refractivity contribution in [1.29, 1.82) is 0 Å². The van der Waals surface area contributed by atoms with Crippen LogP contribution in [0.5, 0.6) is 0 Å². The minimum absolute atomic E-state index is 0.0740. The van der Waals surface area contributed by atoms with Crippen LogP contribution in [0.3, 0.4) is 0 Å². The van der Waals surface area contributed by atoms with Crippen molar-refractivity contribution in [1.82, 2.24) is 0 Å². The lowest BCUT2D eigenvalue weighted by atomic mass is 10.0. The average molecular weight is 916 g/mol. The molecule has 0 amide bonds. The van der Waals surface area contributed by atoms with Gasteiger partial charge in [-0.1, -0.05) is 251 Å². The smallest absolute Gasteiger partial charge is 0.306 e. The third kappa shape index (κ3) is 52.7. The topological polar surface area (TPSA) is 78.9 Å². The number of hydrogen-bond acceptors (Lipinski definition) is 6. The molecule has 0 saturated carbocycles. The molecule has 0 rings (SSSR count). The van der Waals surface area contributed by atoms with E-state index in [2.05, 4.69) is 45.1 Å². The number of ether oxygens (including phenoxy) is 3. The van der Waals surface area contributed by atoms with Crippen molar-refractivity contribution in [2.24, 2.45) is 0 Å². The van der Waals surface area contributed by atoms with E-state index < -0.39 is 6.10 Å². The van der Waals surface area contributed by atoms with Crippen molar-refractivity contribution >= 4 is 17.9 Å². The Balaban J connectivity index is 4.35. The SMILES string of the molecule is CCCCCCCC/C=C\CCCCCCCC(=O)OCC(COC(=O)CCCCCCC/C=C\CCCCCCCCC)OC(=O)CCCCCCCCCCCCCCCCCC. The summed E-state index contributed by atoms with van der Waals surface area (Å²) in [6, 6.07) is 0. The molecule has 0 spiro atoms. The van der Waals surface area contributed by atoms with E-state index in [1.165, 1.54) is 205 Å².